The standard InChI is InChI=1S/C33H32N2O3S/c1-23-15-18-29(19-16-23)39(37,38)34-22-26(4)31(32(34)30-20-17-24(2)21-25(30)3)33(36)35(27-11-7-5-8-12-27)28-13-9-6-10-14-28/h5-21,31-32H,4,22H2,1-3H3/t31-,32-/m0/s1. The number of anilines is 2. The fraction of sp³-hybridized carbons (Fsp3) is 0.182. The molecule has 198 valence electrons. The highest BCUT2D eigenvalue weighted by atomic mass is 32.2. The van der Waals surface area contributed by atoms with E-state index in [0.29, 0.717) is 16.9 Å². The Hall–Kier alpha value is -4.00. The molecule has 4 aromatic carbocycles. The van der Waals surface area contributed by atoms with E-state index in [1.54, 1.807) is 29.2 Å². The van der Waals surface area contributed by atoms with Gasteiger partial charge in [0, 0.05) is 17.9 Å². The molecular formula is C33H32N2O3S. The zero-order valence-electron chi connectivity index (χ0n) is 22.4. The number of rotatable bonds is 6. The number of hydrogen-bond donors (Lipinski definition) is 0. The summed E-state index contributed by atoms with van der Waals surface area (Å²) in [5.74, 6) is -1.00. The Morgan fingerprint density at radius 3 is 1.87 bits per heavy atom. The third kappa shape index (κ3) is 5.05. The highest BCUT2D eigenvalue weighted by Gasteiger charge is 2.49. The van der Waals surface area contributed by atoms with Crippen molar-refractivity contribution in [1.29, 1.82) is 0 Å². The van der Waals surface area contributed by atoms with E-state index in [1.807, 2.05) is 99.6 Å². The Bertz CT molecular complexity index is 1580. The van der Waals surface area contributed by atoms with Crippen molar-refractivity contribution < 1.29 is 13.2 Å². The monoisotopic (exact) mass is 536 g/mol. The third-order valence-corrected chi connectivity index (χ3v) is 9.15. The molecular weight excluding hydrogens is 504 g/mol. The SMILES string of the molecule is C=C1CN(S(=O)(=O)c2ccc(C)cc2)[C@@H](c2ccc(C)cc2C)[C@H]1C(=O)N(c1ccccc1)c1ccccc1. The molecule has 0 radical (unpaired) electrons. The number of nitrogens with zero attached hydrogens (tertiary/aromatic N) is 2. The number of aryl methyl sites for hydroxylation is 3. The molecule has 6 heteroatoms. The fourth-order valence-electron chi connectivity index (χ4n) is 5.37. The van der Waals surface area contributed by atoms with E-state index in [1.165, 1.54) is 4.31 Å². The van der Waals surface area contributed by atoms with Crippen LogP contribution in [0.5, 0.6) is 0 Å². The van der Waals surface area contributed by atoms with E-state index in [4.69, 9.17) is 0 Å². The molecule has 0 bridgehead atoms. The van der Waals surface area contributed by atoms with E-state index < -0.39 is 22.0 Å². The minimum atomic E-state index is -3.93. The lowest BCUT2D eigenvalue weighted by Crippen LogP contribution is -2.38. The van der Waals surface area contributed by atoms with Crippen LogP contribution >= 0.6 is 0 Å². The molecule has 0 N–H and O–H groups in total. The Morgan fingerprint density at radius 1 is 0.795 bits per heavy atom. The number of carbonyl (C=O) groups excluding carboxylic acids is 1. The quantitative estimate of drug-likeness (QED) is 0.252. The Balaban J connectivity index is 1.67. The molecule has 1 aliphatic rings. The van der Waals surface area contributed by atoms with Crippen LogP contribution in [0.2, 0.25) is 0 Å². The van der Waals surface area contributed by atoms with Gasteiger partial charge in [-0.05, 0) is 73.9 Å². The van der Waals surface area contributed by atoms with Crippen molar-refractivity contribution in [2.45, 2.75) is 31.7 Å². The van der Waals surface area contributed by atoms with Crippen molar-refractivity contribution in [3.8, 4) is 0 Å². The number of benzene rings is 4. The van der Waals surface area contributed by atoms with Gasteiger partial charge in [0.2, 0.25) is 15.9 Å². The van der Waals surface area contributed by atoms with Crippen molar-refractivity contribution in [3.05, 3.63) is 138 Å². The largest absolute Gasteiger partial charge is 0.280 e. The maximum atomic E-state index is 14.6. The maximum Gasteiger partial charge on any atom is 0.243 e. The van der Waals surface area contributed by atoms with Crippen molar-refractivity contribution in [2.75, 3.05) is 11.4 Å². The van der Waals surface area contributed by atoms with Gasteiger partial charge in [0.15, 0.2) is 0 Å². The average molecular weight is 537 g/mol. The summed E-state index contributed by atoms with van der Waals surface area (Å²) in [4.78, 5) is 16.5. The Labute approximate surface area is 231 Å². The average Bonchev–Trinajstić information content (AvgIpc) is 3.28. The predicted molar refractivity (Wildman–Crippen MR) is 156 cm³/mol. The topological polar surface area (TPSA) is 57.7 Å². The summed E-state index contributed by atoms with van der Waals surface area (Å²) in [5.41, 5.74) is 5.76. The molecule has 2 atom stereocenters. The van der Waals surface area contributed by atoms with Gasteiger partial charge in [-0.25, -0.2) is 8.42 Å². The Kier molecular flexibility index (Phi) is 7.25. The minimum absolute atomic E-state index is 0.0576. The molecule has 0 spiro atoms. The lowest BCUT2D eigenvalue weighted by Gasteiger charge is -2.32. The van der Waals surface area contributed by atoms with Crippen LogP contribution < -0.4 is 4.90 Å². The first kappa shape index (κ1) is 26.6. The predicted octanol–water partition coefficient (Wildman–Crippen LogP) is 6.89. The molecule has 1 heterocycles. The molecule has 5 nitrogen and oxygen atoms in total. The zero-order chi connectivity index (χ0) is 27.7. The molecule has 0 unspecified atom stereocenters. The summed E-state index contributed by atoms with van der Waals surface area (Å²) < 4.78 is 29.6. The minimum Gasteiger partial charge on any atom is -0.280 e. The van der Waals surface area contributed by atoms with Crippen molar-refractivity contribution in [1.82, 2.24) is 4.31 Å². The normalized spacial score (nSPS) is 17.8. The molecule has 1 saturated heterocycles. The first-order valence-electron chi connectivity index (χ1n) is 13.0. The van der Waals surface area contributed by atoms with Crippen LogP contribution in [-0.4, -0.2) is 25.2 Å². The molecule has 0 saturated carbocycles. The van der Waals surface area contributed by atoms with Gasteiger partial charge in [-0.2, -0.15) is 4.31 Å². The molecule has 1 aliphatic heterocycles. The van der Waals surface area contributed by atoms with Gasteiger partial charge in [0.05, 0.1) is 16.9 Å². The molecule has 39 heavy (non-hydrogen) atoms. The van der Waals surface area contributed by atoms with Gasteiger partial charge in [0.25, 0.3) is 0 Å². The van der Waals surface area contributed by atoms with Gasteiger partial charge >= 0.3 is 0 Å². The van der Waals surface area contributed by atoms with Gasteiger partial charge in [-0.15, -0.1) is 0 Å². The summed E-state index contributed by atoms with van der Waals surface area (Å²) >= 11 is 0. The summed E-state index contributed by atoms with van der Waals surface area (Å²) in [6, 6.07) is 30.9. The van der Waals surface area contributed by atoms with E-state index in [9.17, 15) is 13.2 Å². The second-order valence-electron chi connectivity index (χ2n) is 10.1. The van der Waals surface area contributed by atoms with Gasteiger partial charge < -0.3 is 0 Å². The smallest absolute Gasteiger partial charge is 0.243 e. The van der Waals surface area contributed by atoms with Crippen molar-refractivity contribution in [3.63, 3.8) is 0 Å². The second-order valence-corrected chi connectivity index (χ2v) is 12.0. The van der Waals surface area contributed by atoms with Gasteiger partial charge in [-0.1, -0.05) is 84.4 Å². The fourth-order valence-corrected chi connectivity index (χ4v) is 6.99. The van der Waals surface area contributed by atoms with E-state index in [0.717, 1.165) is 22.3 Å². The van der Waals surface area contributed by atoms with Crippen LogP contribution in [0.1, 0.15) is 28.3 Å². The number of amides is 1. The molecule has 1 amide bonds. The lowest BCUT2D eigenvalue weighted by atomic mass is 9.87. The lowest BCUT2D eigenvalue weighted by molar-refractivity contribution is -0.121. The third-order valence-electron chi connectivity index (χ3n) is 7.31. The van der Waals surface area contributed by atoms with E-state index >= 15 is 0 Å². The molecule has 4 aromatic rings. The molecule has 5 rings (SSSR count). The molecule has 0 aliphatic carbocycles. The number of para-hydroxylation sites is 2. The summed E-state index contributed by atoms with van der Waals surface area (Å²) in [6.45, 7) is 10.2. The summed E-state index contributed by atoms with van der Waals surface area (Å²) in [6.07, 6.45) is 0. The van der Waals surface area contributed by atoms with E-state index in [2.05, 4.69) is 6.58 Å². The molecule has 1 fully saturated rings. The highest BCUT2D eigenvalue weighted by Crippen LogP contribution is 2.46. The van der Waals surface area contributed by atoms with Crippen LogP contribution in [0.15, 0.2) is 120 Å². The van der Waals surface area contributed by atoms with Crippen molar-refractivity contribution >= 4 is 27.3 Å². The van der Waals surface area contributed by atoms with Crippen LogP contribution in [0.25, 0.3) is 0 Å². The van der Waals surface area contributed by atoms with Crippen LogP contribution in [0, 0.1) is 26.7 Å². The maximum absolute atomic E-state index is 14.6. The number of carbonyl (C=O) groups is 1. The van der Waals surface area contributed by atoms with E-state index in [-0.39, 0.29) is 17.3 Å². The molecule has 0 aromatic heterocycles. The van der Waals surface area contributed by atoms with Gasteiger partial charge in [-0.3, -0.25) is 9.69 Å². The van der Waals surface area contributed by atoms with Crippen molar-refractivity contribution in [2.24, 2.45) is 5.92 Å². The highest BCUT2D eigenvalue weighted by molar-refractivity contribution is 7.89. The van der Waals surface area contributed by atoms with Gasteiger partial charge in [0.1, 0.15) is 0 Å². The first-order valence-corrected chi connectivity index (χ1v) is 14.4. The van der Waals surface area contributed by atoms with Crippen LogP contribution in [0.4, 0.5) is 11.4 Å². The van der Waals surface area contributed by atoms with Crippen LogP contribution in [-0.2, 0) is 14.8 Å². The zero-order valence-corrected chi connectivity index (χ0v) is 23.2. The second kappa shape index (κ2) is 10.6. The number of sulfonamides is 1. The number of hydrogen-bond acceptors (Lipinski definition) is 3. The summed E-state index contributed by atoms with van der Waals surface area (Å²) in [7, 11) is -3.93. The first-order chi connectivity index (χ1) is 18.7. The van der Waals surface area contributed by atoms with Crippen LogP contribution in [0.3, 0.4) is 0 Å². The summed E-state index contributed by atoms with van der Waals surface area (Å²) in [5, 5.41) is 0. The Morgan fingerprint density at radius 2 is 1.33 bits per heavy atom.